The van der Waals surface area contributed by atoms with Crippen LogP contribution in [0.3, 0.4) is 0 Å². The summed E-state index contributed by atoms with van der Waals surface area (Å²) in [5.41, 5.74) is -0.0445. The Labute approximate surface area is 147 Å². The molecule has 3 rings (SSSR count). The second-order valence-corrected chi connectivity index (χ2v) is 6.44. The minimum Gasteiger partial charge on any atom is -0.377 e. The minimum absolute atomic E-state index is 0.0452. The third kappa shape index (κ3) is 4.33. The lowest BCUT2D eigenvalue weighted by molar-refractivity contribution is -0.136. The lowest BCUT2D eigenvalue weighted by Gasteiger charge is -2.43. The third-order valence-electron chi connectivity index (χ3n) is 4.52. The molecule has 1 spiro atoms. The molecule has 8 nitrogen and oxygen atoms in total. The summed E-state index contributed by atoms with van der Waals surface area (Å²) in [6.07, 6.45) is 3.22. The molecule has 3 heterocycles. The number of carbonyl (C=O) groups is 2. The quantitative estimate of drug-likeness (QED) is 0.783. The molecule has 0 aromatic carbocycles. The topological polar surface area (TPSA) is 84.0 Å². The zero-order valence-electron chi connectivity index (χ0n) is 14.4. The fourth-order valence-electron chi connectivity index (χ4n) is 3.27. The Morgan fingerprint density at radius 1 is 1.32 bits per heavy atom. The standard InChI is InChI=1S/C17H24N4O4/c1-18-15(22)10-20-5-7-24-13-17(11-20)12-21(6-8-25-17)16(23)14-3-2-4-19-9-14/h2-4,9H,5-8,10-13H2,1H3,(H,18,22). The Bertz CT molecular complexity index is 612. The van der Waals surface area contributed by atoms with E-state index in [0.29, 0.717) is 58.1 Å². The van der Waals surface area contributed by atoms with Gasteiger partial charge < -0.3 is 19.7 Å². The monoisotopic (exact) mass is 348 g/mol. The summed E-state index contributed by atoms with van der Waals surface area (Å²) in [6, 6.07) is 3.52. The Morgan fingerprint density at radius 2 is 2.20 bits per heavy atom. The maximum absolute atomic E-state index is 12.7. The van der Waals surface area contributed by atoms with Gasteiger partial charge in [-0.2, -0.15) is 0 Å². The summed E-state index contributed by atoms with van der Waals surface area (Å²) in [4.78, 5) is 32.3. The van der Waals surface area contributed by atoms with E-state index in [9.17, 15) is 9.59 Å². The number of ether oxygens (including phenoxy) is 2. The first-order valence-corrected chi connectivity index (χ1v) is 8.46. The summed E-state index contributed by atoms with van der Waals surface area (Å²) < 4.78 is 11.8. The lowest BCUT2D eigenvalue weighted by atomic mass is 10.0. The highest BCUT2D eigenvalue weighted by molar-refractivity contribution is 5.94. The van der Waals surface area contributed by atoms with Gasteiger partial charge in [-0.1, -0.05) is 0 Å². The molecule has 1 N–H and O–H groups in total. The zero-order valence-corrected chi connectivity index (χ0v) is 14.4. The lowest BCUT2D eigenvalue weighted by Crippen LogP contribution is -2.60. The molecule has 2 amide bonds. The van der Waals surface area contributed by atoms with Crippen molar-refractivity contribution in [3.8, 4) is 0 Å². The molecule has 25 heavy (non-hydrogen) atoms. The smallest absolute Gasteiger partial charge is 0.255 e. The molecule has 2 aliphatic rings. The van der Waals surface area contributed by atoms with Crippen molar-refractivity contribution in [3.05, 3.63) is 30.1 Å². The largest absolute Gasteiger partial charge is 0.377 e. The van der Waals surface area contributed by atoms with Crippen molar-refractivity contribution in [3.63, 3.8) is 0 Å². The number of carbonyl (C=O) groups excluding carboxylic acids is 2. The fraction of sp³-hybridized carbons (Fsp3) is 0.588. The van der Waals surface area contributed by atoms with Crippen LogP contribution < -0.4 is 5.32 Å². The van der Waals surface area contributed by atoms with Crippen molar-refractivity contribution < 1.29 is 19.1 Å². The van der Waals surface area contributed by atoms with Crippen LogP contribution in [0.5, 0.6) is 0 Å². The highest BCUT2D eigenvalue weighted by Crippen LogP contribution is 2.23. The van der Waals surface area contributed by atoms with Gasteiger partial charge >= 0.3 is 0 Å². The molecular formula is C17H24N4O4. The molecule has 8 heteroatoms. The van der Waals surface area contributed by atoms with Crippen LogP contribution in [0.4, 0.5) is 0 Å². The van der Waals surface area contributed by atoms with Gasteiger partial charge in [-0.15, -0.1) is 0 Å². The predicted octanol–water partition coefficient (Wildman–Crippen LogP) is -0.629. The van der Waals surface area contributed by atoms with Gasteiger partial charge in [0.1, 0.15) is 5.60 Å². The van der Waals surface area contributed by atoms with Crippen LogP contribution >= 0.6 is 0 Å². The van der Waals surface area contributed by atoms with Crippen molar-refractivity contribution in [1.82, 2.24) is 20.1 Å². The molecule has 0 saturated carbocycles. The van der Waals surface area contributed by atoms with E-state index in [4.69, 9.17) is 9.47 Å². The number of nitrogens with zero attached hydrogens (tertiary/aromatic N) is 3. The van der Waals surface area contributed by atoms with Gasteiger partial charge in [0, 0.05) is 39.1 Å². The van der Waals surface area contributed by atoms with Crippen LogP contribution in [-0.4, -0.2) is 91.8 Å². The van der Waals surface area contributed by atoms with Crippen LogP contribution in [0, 0.1) is 0 Å². The maximum atomic E-state index is 12.7. The van der Waals surface area contributed by atoms with Crippen molar-refractivity contribution in [1.29, 1.82) is 0 Å². The summed E-state index contributed by atoms with van der Waals surface area (Å²) in [5, 5.41) is 2.64. The highest BCUT2D eigenvalue weighted by Gasteiger charge is 2.42. The van der Waals surface area contributed by atoms with Crippen molar-refractivity contribution in [2.75, 3.05) is 59.6 Å². The molecule has 0 aliphatic carbocycles. The van der Waals surface area contributed by atoms with Gasteiger partial charge in [-0.3, -0.25) is 19.5 Å². The van der Waals surface area contributed by atoms with Crippen LogP contribution in [0.2, 0.25) is 0 Å². The minimum atomic E-state index is -0.610. The summed E-state index contributed by atoms with van der Waals surface area (Å²) in [6.45, 7) is 3.87. The average molecular weight is 348 g/mol. The molecule has 0 radical (unpaired) electrons. The highest BCUT2D eigenvalue weighted by atomic mass is 16.5. The Balaban J connectivity index is 1.71. The van der Waals surface area contributed by atoms with E-state index in [1.807, 2.05) is 4.90 Å². The molecule has 1 aromatic heterocycles. The number of amides is 2. The van der Waals surface area contributed by atoms with E-state index < -0.39 is 5.60 Å². The second kappa shape index (κ2) is 7.90. The summed E-state index contributed by atoms with van der Waals surface area (Å²) >= 11 is 0. The van der Waals surface area contributed by atoms with Gasteiger partial charge in [0.25, 0.3) is 5.91 Å². The average Bonchev–Trinajstić information content (AvgIpc) is 2.83. The Morgan fingerprint density at radius 3 is 2.96 bits per heavy atom. The van der Waals surface area contributed by atoms with Gasteiger partial charge in [-0.25, -0.2) is 0 Å². The number of hydrogen-bond acceptors (Lipinski definition) is 6. The number of aromatic nitrogens is 1. The third-order valence-corrected chi connectivity index (χ3v) is 4.52. The van der Waals surface area contributed by atoms with Gasteiger partial charge in [0.15, 0.2) is 0 Å². The van der Waals surface area contributed by atoms with E-state index in [-0.39, 0.29) is 11.8 Å². The van der Waals surface area contributed by atoms with Gasteiger partial charge in [0.2, 0.25) is 5.91 Å². The van der Waals surface area contributed by atoms with E-state index >= 15 is 0 Å². The molecule has 1 unspecified atom stereocenters. The van der Waals surface area contributed by atoms with Crippen LogP contribution in [0.1, 0.15) is 10.4 Å². The molecule has 2 fully saturated rings. The first-order chi connectivity index (χ1) is 12.1. The number of nitrogens with one attached hydrogen (secondary N) is 1. The molecule has 1 atom stereocenters. The van der Waals surface area contributed by atoms with Crippen LogP contribution in [0.15, 0.2) is 24.5 Å². The normalized spacial score (nSPS) is 24.8. The SMILES string of the molecule is CNC(=O)CN1CCOCC2(C1)CN(C(=O)c1cccnc1)CCO2. The number of pyridine rings is 1. The first kappa shape index (κ1) is 17.8. The molecule has 0 bridgehead atoms. The number of hydrogen-bond donors (Lipinski definition) is 1. The van der Waals surface area contributed by atoms with E-state index in [0.717, 1.165) is 0 Å². The number of likely N-dealkylation sites (N-methyl/N-ethyl adjacent to an activating group) is 1. The Kier molecular flexibility index (Phi) is 5.62. The second-order valence-electron chi connectivity index (χ2n) is 6.44. The van der Waals surface area contributed by atoms with E-state index in [2.05, 4.69) is 10.3 Å². The zero-order chi connectivity index (χ0) is 17.7. The van der Waals surface area contributed by atoms with Crippen molar-refractivity contribution >= 4 is 11.8 Å². The molecule has 1 aromatic rings. The van der Waals surface area contributed by atoms with Gasteiger partial charge in [-0.05, 0) is 12.1 Å². The van der Waals surface area contributed by atoms with Crippen molar-refractivity contribution in [2.45, 2.75) is 5.60 Å². The van der Waals surface area contributed by atoms with Crippen molar-refractivity contribution in [2.24, 2.45) is 0 Å². The number of rotatable bonds is 3. The predicted molar refractivity (Wildman–Crippen MR) is 90.1 cm³/mol. The Hall–Kier alpha value is -2.03. The number of morpholine rings is 1. The van der Waals surface area contributed by atoms with Crippen LogP contribution in [-0.2, 0) is 14.3 Å². The maximum Gasteiger partial charge on any atom is 0.255 e. The van der Waals surface area contributed by atoms with Crippen LogP contribution in [0.25, 0.3) is 0 Å². The first-order valence-electron chi connectivity index (χ1n) is 8.46. The van der Waals surface area contributed by atoms with Gasteiger partial charge in [0.05, 0.1) is 38.5 Å². The molecule has 2 saturated heterocycles. The molecule has 2 aliphatic heterocycles. The molecule has 136 valence electrons. The summed E-state index contributed by atoms with van der Waals surface area (Å²) in [5.74, 6) is -0.103. The fourth-order valence-corrected chi connectivity index (χ4v) is 3.27. The summed E-state index contributed by atoms with van der Waals surface area (Å²) in [7, 11) is 1.62. The molecular weight excluding hydrogens is 324 g/mol. The van der Waals surface area contributed by atoms with E-state index in [1.165, 1.54) is 0 Å². The van der Waals surface area contributed by atoms with E-state index in [1.54, 1.807) is 36.5 Å².